The van der Waals surface area contributed by atoms with Crippen LogP contribution in [0.25, 0.3) is 0 Å². The Balaban J connectivity index is 3.04. The van der Waals surface area contributed by atoms with Gasteiger partial charge >= 0.3 is 0 Å². The lowest BCUT2D eigenvalue weighted by Crippen LogP contribution is -2.15. The van der Waals surface area contributed by atoms with Crippen molar-refractivity contribution in [2.24, 2.45) is 5.92 Å². The molecule has 0 aromatic heterocycles. The summed E-state index contributed by atoms with van der Waals surface area (Å²) in [6.45, 7) is 5.78. The first kappa shape index (κ1) is 15.2. The number of hydrogen-bond acceptors (Lipinski definition) is 1. The summed E-state index contributed by atoms with van der Waals surface area (Å²) in [7, 11) is 0. The van der Waals surface area contributed by atoms with Crippen LogP contribution in [-0.4, -0.2) is 5.78 Å². The minimum atomic E-state index is -0.362. The SMILES string of the molecule is CCCC(CCC)C(=O)c1cc(C)c(F)cc1Cl. The fourth-order valence-corrected chi connectivity index (χ4v) is 2.41. The molecular formula is C15H20ClFO. The van der Waals surface area contributed by atoms with Crippen molar-refractivity contribution >= 4 is 17.4 Å². The highest BCUT2D eigenvalue weighted by Gasteiger charge is 2.21. The number of rotatable bonds is 6. The molecule has 0 unspecified atom stereocenters. The molecule has 100 valence electrons. The van der Waals surface area contributed by atoms with Gasteiger partial charge in [0, 0.05) is 11.5 Å². The molecule has 0 saturated heterocycles. The monoisotopic (exact) mass is 270 g/mol. The van der Waals surface area contributed by atoms with E-state index in [1.807, 2.05) is 0 Å². The second-order valence-corrected chi connectivity index (χ2v) is 5.13. The number of ketones is 1. The molecule has 0 saturated carbocycles. The number of hydrogen-bond donors (Lipinski definition) is 0. The fraction of sp³-hybridized carbons (Fsp3) is 0.533. The van der Waals surface area contributed by atoms with E-state index in [2.05, 4.69) is 13.8 Å². The van der Waals surface area contributed by atoms with E-state index < -0.39 is 0 Å². The Hall–Kier alpha value is -0.890. The highest BCUT2D eigenvalue weighted by Crippen LogP contribution is 2.26. The molecule has 0 amide bonds. The van der Waals surface area contributed by atoms with Gasteiger partial charge in [0.15, 0.2) is 5.78 Å². The topological polar surface area (TPSA) is 17.1 Å². The lowest BCUT2D eigenvalue weighted by molar-refractivity contribution is 0.0905. The molecule has 0 spiro atoms. The summed E-state index contributed by atoms with van der Waals surface area (Å²) in [5, 5.41) is 0.223. The zero-order valence-electron chi connectivity index (χ0n) is 11.2. The molecule has 1 aromatic carbocycles. The van der Waals surface area contributed by atoms with Gasteiger partial charge < -0.3 is 0 Å². The molecule has 0 heterocycles. The Labute approximate surface area is 113 Å². The Bertz CT molecular complexity index is 423. The van der Waals surface area contributed by atoms with Crippen LogP contribution in [-0.2, 0) is 0 Å². The predicted molar refractivity (Wildman–Crippen MR) is 73.8 cm³/mol. The fourth-order valence-electron chi connectivity index (χ4n) is 2.17. The van der Waals surface area contributed by atoms with E-state index >= 15 is 0 Å². The Morgan fingerprint density at radius 2 is 1.83 bits per heavy atom. The van der Waals surface area contributed by atoms with Gasteiger partial charge in [0.2, 0.25) is 0 Å². The van der Waals surface area contributed by atoms with Crippen molar-refractivity contribution in [3.63, 3.8) is 0 Å². The van der Waals surface area contributed by atoms with Crippen LogP contribution < -0.4 is 0 Å². The van der Waals surface area contributed by atoms with E-state index in [0.717, 1.165) is 25.7 Å². The average molecular weight is 271 g/mol. The normalized spacial score (nSPS) is 11.0. The summed E-state index contributed by atoms with van der Waals surface area (Å²) >= 11 is 5.98. The lowest BCUT2D eigenvalue weighted by Gasteiger charge is -2.15. The van der Waals surface area contributed by atoms with E-state index in [-0.39, 0.29) is 22.5 Å². The van der Waals surface area contributed by atoms with Gasteiger partial charge in [-0.3, -0.25) is 4.79 Å². The number of benzene rings is 1. The molecule has 0 bridgehead atoms. The van der Waals surface area contributed by atoms with Crippen LogP contribution in [0.3, 0.4) is 0 Å². The van der Waals surface area contributed by atoms with Crippen LogP contribution in [0.1, 0.15) is 55.5 Å². The smallest absolute Gasteiger partial charge is 0.167 e. The van der Waals surface area contributed by atoms with E-state index in [0.29, 0.717) is 11.1 Å². The highest BCUT2D eigenvalue weighted by molar-refractivity contribution is 6.34. The molecule has 1 aromatic rings. The molecule has 1 rings (SSSR count). The lowest BCUT2D eigenvalue weighted by atomic mass is 9.89. The number of Topliss-reactive ketones (excluding diaryl/α,β-unsaturated/α-hetero) is 1. The minimum Gasteiger partial charge on any atom is -0.294 e. The summed E-state index contributed by atoms with van der Waals surface area (Å²) < 4.78 is 13.3. The number of carbonyl (C=O) groups is 1. The summed E-state index contributed by atoms with van der Waals surface area (Å²) in [6.07, 6.45) is 3.65. The summed E-state index contributed by atoms with van der Waals surface area (Å²) in [5.74, 6) is -0.312. The molecule has 0 aliphatic carbocycles. The number of halogens is 2. The van der Waals surface area contributed by atoms with Crippen LogP contribution in [0.5, 0.6) is 0 Å². The van der Waals surface area contributed by atoms with Gasteiger partial charge in [0.05, 0.1) is 5.02 Å². The minimum absolute atomic E-state index is 0.00219. The van der Waals surface area contributed by atoms with Gasteiger partial charge in [0.1, 0.15) is 5.82 Å². The van der Waals surface area contributed by atoms with Crippen LogP contribution in [0.2, 0.25) is 5.02 Å². The molecule has 0 radical (unpaired) electrons. The Morgan fingerprint density at radius 1 is 1.28 bits per heavy atom. The van der Waals surface area contributed by atoms with Crippen LogP contribution >= 0.6 is 11.6 Å². The third-order valence-corrected chi connectivity index (χ3v) is 3.47. The van der Waals surface area contributed by atoms with Gasteiger partial charge in [-0.05, 0) is 37.5 Å². The maximum absolute atomic E-state index is 13.3. The maximum atomic E-state index is 13.3. The summed E-state index contributed by atoms with van der Waals surface area (Å²) in [6, 6.07) is 2.80. The molecule has 0 atom stereocenters. The van der Waals surface area contributed by atoms with Gasteiger partial charge in [-0.15, -0.1) is 0 Å². The second-order valence-electron chi connectivity index (χ2n) is 4.72. The molecule has 0 aliphatic rings. The largest absolute Gasteiger partial charge is 0.294 e. The van der Waals surface area contributed by atoms with Gasteiger partial charge in [-0.25, -0.2) is 4.39 Å². The van der Waals surface area contributed by atoms with E-state index in [9.17, 15) is 9.18 Å². The van der Waals surface area contributed by atoms with Crippen molar-refractivity contribution < 1.29 is 9.18 Å². The molecule has 0 fully saturated rings. The van der Waals surface area contributed by atoms with Crippen molar-refractivity contribution in [1.29, 1.82) is 0 Å². The molecule has 18 heavy (non-hydrogen) atoms. The molecule has 0 N–H and O–H groups in total. The molecular weight excluding hydrogens is 251 g/mol. The molecule has 3 heteroatoms. The van der Waals surface area contributed by atoms with Crippen molar-refractivity contribution in [1.82, 2.24) is 0 Å². The van der Waals surface area contributed by atoms with E-state index in [1.54, 1.807) is 13.0 Å². The van der Waals surface area contributed by atoms with Crippen LogP contribution in [0.15, 0.2) is 12.1 Å². The zero-order valence-corrected chi connectivity index (χ0v) is 12.0. The number of aryl methyl sites for hydroxylation is 1. The Morgan fingerprint density at radius 3 is 2.33 bits per heavy atom. The van der Waals surface area contributed by atoms with Crippen LogP contribution in [0, 0.1) is 18.7 Å². The standard InChI is InChI=1S/C15H20ClFO/c1-4-6-11(7-5-2)15(18)12-8-10(3)14(17)9-13(12)16/h8-9,11H,4-7H2,1-3H3. The first-order valence-corrected chi connectivity index (χ1v) is 6.88. The van der Waals surface area contributed by atoms with Gasteiger partial charge in [0.25, 0.3) is 0 Å². The third kappa shape index (κ3) is 3.55. The van der Waals surface area contributed by atoms with Gasteiger partial charge in [-0.2, -0.15) is 0 Å². The predicted octanol–water partition coefficient (Wildman–Crippen LogP) is 5.19. The van der Waals surface area contributed by atoms with Crippen molar-refractivity contribution in [2.45, 2.75) is 46.5 Å². The van der Waals surface area contributed by atoms with Crippen molar-refractivity contribution in [2.75, 3.05) is 0 Å². The van der Waals surface area contributed by atoms with E-state index in [1.165, 1.54) is 6.07 Å². The number of carbonyl (C=O) groups excluding carboxylic acids is 1. The second kappa shape index (κ2) is 6.89. The molecule has 1 nitrogen and oxygen atoms in total. The van der Waals surface area contributed by atoms with E-state index in [4.69, 9.17) is 11.6 Å². The third-order valence-electron chi connectivity index (χ3n) is 3.16. The summed E-state index contributed by atoms with van der Waals surface area (Å²) in [5.41, 5.74) is 0.928. The summed E-state index contributed by atoms with van der Waals surface area (Å²) in [4.78, 5) is 12.4. The maximum Gasteiger partial charge on any atom is 0.167 e. The first-order valence-electron chi connectivity index (χ1n) is 6.51. The zero-order chi connectivity index (χ0) is 13.7. The molecule has 0 aliphatic heterocycles. The first-order chi connectivity index (χ1) is 8.51. The highest BCUT2D eigenvalue weighted by atomic mass is 35.5. The van der Waals surface area contributed by atoms with Gasteiger partial charge in [-0.1, -0.05) is 38.3 Å². The van der Waals surface area contributed by atoms with Crippen molar-refractivity contribution in [3.05, 3.63) is 34.1 Å². The Kier molecular flexibility index (Phi) is 5.80. The average Bonchev–Trinajstić information content (AvgIpc) is 2.33. The van der Waals surface area contributed by atoms with Crippen molar-refractivity contribution in [3.8, 4) is 0 Å². The quantitative estimate of drug-likeness (QED) is 0.651. The van der Waals surface area contributed by atoms with Crippen LogP contribution in [0.4, 0.5) is 4.39 Å².